The van der Waals surface area contributed by atoms with E-state index in [1.165, 1.54) is 0 Å². The van der Waals surface area contributed by atoms with E-state index < -0.39 is 11.8 Å². The molecule has 1 aromatic rings. The Morgan fingerprint density at radius 2 is 1.94 bits per heavy atom. The Hall–Kier alpha value is -1.84. The number of rotatable bonds is 1. The second kappa shape index (κ2) is 5.21. The normalized spacial score (nSPS) is 23.7. The van der Waals surface area contributed by atoms with E-state index >= 15 is 0 Å². The molecule has 1 aliphatic heterocycles. The van der Waals surface area contributed by atoms with E-state index in [0.717, 1.165) is 18.4 Å². The highest BCUT2D eigenvalue weighted by molar-refractivity contribution is 6.34. The monoisotopic (exact) mass is 246 g/mol. The fraction of sp³-hybridized carbons (Fsp3) is 0.429. The lowest BCUT2D eigenvalue weighted by Gasteiger charge is -2.38. The lowest BCUT2D eigenvalue weighted by Crippen LogP contribution is -2.46. The standard InChI is InChI=1S/C14H18N2O2/c1-10-7-8-16(14(18)13(15)17)12(9-10)11-5-3-2-4-6-11/h2-6,10,12H,7-9H2,1H3,(H2,15,17). The fourth-order valence-corrected chi connectivity index (χ4v) is 2.52. The second-order valence-corrected chi connectivity index (χ2v) is 4.92. The van der Waals surface area contributed by atoms with Crippen molar-refractivity contribution in [2.24, 2.45) is 11.7 Å². The van der Waals surface area contributed by atoms with Crippen LogP contribution in [0.25, 0.3) is 0 Å². The molecule has 1 aromatic carbocycles. The molecule has 2 amide bonds. The largest absolute Gasteiger partial charge is 0.361 e. The van der Waals surface area contributed by atoms with Gasteiger partial charge in [0.05, 0.1) is 6.04 Å². The van der Waals surface area contributed by atoms with Crippen LogP contribution in [0.5, 0.6) is 0 Å². The van der Waals surface area contributed by atoms with Crippen LogP contribution in [0, 0.1) is 5.92 Å². The summed E-state index contributed by atoms with van der Waals surface area (Å²) >= 11 is 0. The second-order valence-electron chi connectivity index (χ2n) is 4.92. The summed E-state index contributed by atoms with van der Waals surface area (Å²) < 4.78 is 0. The van der Waals surface area contributed by atoms with Gasteiger partial charge in [-0.15, -0.1) is 0 Å². The Morgan fingerprint density at radius 1 is 1.28 bits per heavy atom. The smallest absolute Gasteiger partial charge is 0.312 e. The van der Waals surface area contributed by atoms with Gasteiger partial charge in [-0.2, -0.15) is 0 Å². The minimum Gasteiger partial charge on any atom is -0.361 e. The fourth-order valence-electron chi connectivity index (χ4n) is 2.52. The highest BCUT2D eigenvalue weighted by atomic mass is 16.2. The number of carbonyl (C=O) groups excluding carboxylic acids is 2. The number of nitrogens with two attached hydrogens (primary N) is 1. The van der Waals surface area contributed by atoms with Crippen LogP contribution < -0.4 is 5.73 Å². The van der Waals surface area contributed by atoms with Gasteiger partial charge in [-0.3, -0.25) is 9.59 Å². The Labute approximate surface area is 107 Å². The van der Waals surface area contributed by atoms with Crippen molar-refractivity contribution in [1.82, 2.24) is 4.90 Å². The zero-order valence-corrected chi connectivity index (χ0v) is 10.5. The summed E-state index contributed by atoms with van der Waals surface area (Å²) in [6.45, 7) is 2.77. The average Bonchev–Trinajstić information content (AvgIpc) is 2.39. The first-order chi connectivity index (χ1) is 8.59. The van der Waals surface area contributed by atoms with Crippen LogP contribution in [0.4, 0.5) is 0 Å². The molecule has 0 saturated carbocycles. The van der Waals surface area contributed by atoms with Gasteiger partial charge in [0.1, 0.15) is 0 Å². The highest BCUT2D eigenvalue weighted by Gasteiger charge is 2.32. The molecule has 1 saturated heterocycles. The third-order valence-electron chi connectivity index (χ3n) is 3.52. The maximum atomic E-state index is 11.8. The maximum Gasteiger partial charge on any atom is 0.312 e. The predicted molar refractivity (Wildman–Crippen MR) is 68.5 cm³/mol. The summed E-state index contributed by atoms with van der Waals surface area (Å²) in [5.41, 5.74) is 6.18. The summed E-state index contributed by atoms with van der Waals surface area (Å²) in [7, 11) is 0. The van der Waals surface area contributed by atoms with Crippen molar-refractivity contribution in [2.45, 2.75) is 25.8 Å². The number of likely N-dealkylation sites (tertiary alicyclic amines) is 1. The SMILES string of the molecule is CC1CCN(C(=O)C(N)=O)C(c2ccccc2)C1. The van der Waals surface area contributed by atoms with Gasteiger partial charge in [-0.25, -0.2) is 0 Å². The van der Waals surface area contributed by atoms with Gasteiger partial charge in [0, 0.05) is 6.54 Å². The van der Waals surface area contributed by atoms with Gasteiger partial charge in [-0.05, 0) is 24.3 Å². The van der Waals surface area contributed by atoms with Gasteiger partial charge in [0.25, 0.3) is 0 Å². The third-order valence-corrected chi connectivity index (χ3v) is 3.52. The molecule has 0 radical (unpaired) electrons. The summed E-state index contributed by atoms with van der Waals surface area (Å²) in [4.78, 5) is 24.5. The highest BCUT2D eigenvalue weighted by Crippen LogP contribution is 2.33. The molecule has 1 fully saturated rings. The number of carbonyl (C=O) groups is 2. The Morgan fingerprint density at radius 3 is 2.56 bits per heavy atom. The van der Waals surface area contributed by atoms with Gasteiger partial charge in [0.2, 0.25) is 0 Å². The van der Waals surface area contributed by atoms with Crippen LogP contribution in [0.3, 0.4) is 0 Å². The van der Waals surface area contributed by atoms with E-state index in [9.17, 15) is 9.59 Å². The first-order valence-corrected chi connectivity index (χ1v) is 6.25. The van der Waals surface area contributed by atoms with E-state index in [2.05, 4.69) is 6.92 Å². The summed E-state index contributed by atoms with van der Waals surface area (Å²) in [6, 6.07) is 9.78. The molecule has 0 bridgehead atoms. The molecule has 2 rings (SSSR count). The van der Waals surface area contributed by atoms with Crippen molar-refractivity contribution in [2.75, 3.05) is 6.54 Å². The molecule has 0 spiro atoms. The van der Waals surface area contributed by atoms with Gasteiger partial charge in [-0.1, -0.05) is 37.3 Å². The minimum absolute atomic E-state index is 0.0325. The Kier molecular flexibility index (Phi) is 3.65. The molecule has 0 aromatic heterocycles. The van der Waals surface area contributed by atoms with E-state index in [-0.39, 0.29) is 6.04 Å². The van der Waals surface area contributed by atoms with Gasteiger partial charge >= 0.3 is 11.8 Å². The van der Waals surface area contributed by atoms with E-state index in [0.29, 0.717) is 12.5 Å². The van der Waals surface area contributed by atoms with Gasteiger partial charge in [0.15, 0.2) is 0 Å². The molecule has 4 heteroatoms. The Balaban J connectivity index is 2.27. The molecule has 4 nitrogen and oxygen atoms in total. The van der Waals surface area contributed by atoms with E-state index in [1.54, 1.807) is 4.90 Å². The lowest BCUT2D eigenvalue weighted by atomic mass is 9.88. The number of hydrogen-bond acceptors (Lipinski definition) is 2. The van der Waals surface area contributed by atoms with Crippen LogP contribution in [0.15, 0.2) is 30.3 Å². The first-order valence-electron chi connectivity index (χ1n) is 6.25. The quantitative estimate of drug-likeness (QED) is 0.763. The average molecular weight is 246 g/mol. The third kappa shape index (κ3) is 2.53. The molecule has 2 unspecified atom stereocenters. The molecule has 0 aliphatic carbocycles. The Bertz CT molecular complexity index is 444. The molecule has 2 N–H and O–H groups in total. The van der Waals surface area contributed by atoms with Crippen LogP contribution in [0.2, 0.25) is 0 Å². The summed E-state index contributed by atoms with van der Waals surface area (Å²) in [5, 5.41) is 0. The van der Waals surface area contributed by atoms with E-state index in [1.807, 2.05) is 30.3 Å². The molecule has 2 atom stereocenters. The van der Waals surface area contributed by atoms with Crippen molar-refractivity contribution < 1.29 is 9.59 Å². The number of piperidine rings is 1. The zero-order chi connectivity index (χ0) is 13.1. The van der Waals surface area contributed by atoms with Crippen molar-refractivity contribution in [1.29, 1.82) is 0 Å². The van der Waals surface area contributed by atoms with Crippen LogP contribution in [-0.4, -0.2) is 23.3 Å². The number of amides is 2. The maximum absolute atomic E-state index is 11.8. The molecular formula is C14H18N2O2. The van der Waals surface area contributed by atoms with Crippen LogP contribution in [0.1, 0.15) is 31.4 Å². The van der Waals surface area contributed by atoms with Crippen molar-refractivity contribution in [3.63, 3.8) is 0 Å². The van der Waals surface area contributed by atoms with Crippen LogP contribution >= 0.6 is 0 Å². The van der Waals surface area contributed by atoms with Crippen molar-refractivity contribution >= 4 is 11.8 Å². The van der Waals surface area contributed by atoms with Crippen LogP contribution in [-0.2, 0) is 9.59 Å². The molecule has 18 heavy (non-hydrogen) atoms. The van der Waals surface area contributed by atoms with E-state index in [4.69, 9.17) is 5.73 Å². The zero-order valence-electron chi connectivity index (χ0n) is 10.5. The lowest BCUT2D eigenvalue weighted by molar-refractivity contribution is -0.147. The molecular weight excluding hydrogens is 228 g/mol. The number of primary amides is 1. The molecule has 1 aliphatic rings. The van der Waals surface area contributed by atoms with Crippen molar-refractivity contribution in [3.05, 3.63) is 35.9 Å². The number of benzene rings is 1. The minimum atomic E-state index is -0.870. The predicted octanol–water partition coefficient (Wildman–Crippen LogP) is 1.47. The summed E-state index contributed by atoms with van der Waals surface area (Å²) in [6.07, 6.45) is 1.80. The number of nitrogens with zero attached hydrogens (tertiary/aromatic N) is 1. The first kappa shape index (κ1) is 12.6. The summed E-state index contributed by atoms with van der Waals surface area (Å²) in [5.74, 6) is -0.895. The van der Waals surface area contributed by atoms with Gasteiger partial charge < -0.3 is 10.6 Å². The molecule has 1 heterocycles. The topological polar surface area (TPSA) is 63.4 Å². The number of hydrogen-bond donors (Lipinski definition) is 1. The van der Waals surface area contributed by atoms with Crippen molar-refractivity contribution in [3.8, 4) is 0 Å². The molecule has 96 valence electrons.